The van der Waals surface area contributed by atoms with Crippen LogP contribution >= 0.6 is 0 Å². The number of rotatable bonds is 2. The normalized spacial score (nSPS) is 17.1. The minimum atomic E-state index is -1.42. The van der Waals surface area contributed by atoms with Gasteiger partial charge in [-0.05, 0) is 52.1 Å². The van der Waals surface area contributed by atoms with Crippen LogP contribution in [-0.4, -0.2) is 33.4 Å². The van der Waals surface area contributed by atoms with Gasteiger partial charge in [-0.2, -0.15) is 0 Å². The van der Waals surface area contributed by atoms with E-state index in [0.717, 1.165) is 44.5 Å². The number of aryl methyl sites for hydroxylation is 1. The van der Waals surface area contributed by atoms with Crippen molar-refractivity contribution in [2.24, 2.45) is 7.05 Å². The van der Waals surface area contributed by atoms with Gasteiger partial charge in [-0.25, -0.2) is 9.97 Å². The van der Waals surface area contributed by atoms with E-state index < -0.39 is 5.60 Å². The lowest BCUT2D eigenvalue weighted by Gasteiger charge is -2.30. The second-order valence-electron chi connectivity index (χ2n) is 8.87. The number of ether oxygens (including phenoxy) is 2. The highest BCUT2D eigenvalue weighted by Crippen LogP contribution is 2.40. The molecule has 0 amide bonds. The summed E-state index contributed by atoms with van der Waals surface area (Å²) in [6.45, 7) is 0.525. The summed E-state index contributed by atoms with van der Waals surface area (Å²) >= 11 is 0. The van der Waals surface area contributed by atoms with Crippen LogP contribution < -0.4 is 9.47 Å². The summed E-state index contributed by atoms with van der Waals surface area (Å²) in [6, 6.07) is 23.9. The molecule has 1 N–H and O–H groups in total. The van der Waals surface area contributed by atoms with E-state index in [2.05, 4.69) is 28.2 Å². The molecular weight excluding hydrogens is 438 g/mol. The standard InChI is InChI=1S/C29H25N3O3/c1-32-18-30-17-27(32)29(33)21-7-3-5-19(13-21)11-12-35-23-8-4-6-20(14-23)24-16-28(34-2)31-26-10-9-22(29)15-25(24)26/h3-10,13-18,33H,11-12H2,1-2H3. The number of methoxy groups -OCH3 is 1. The van der Waals surface area contributed by atoms with Crippen LogP contribution in [0.4, 0.5) is 0 Å². The summed E-state index contributed by atoms with van der Waals surface area (Å²) < 4.78 is 13.5. The predicted octanol–water partition coefficient (Wildman–Crippen LogP) is 4.86. The number of hydrogen-bond donors (Lipinski definition) is 1. The molecule has 0 radical (unpaired) electrons. The molecule has 174 valence electrons. The van der Waals surface area contributed by atoms with E-state index in [1.54, 1.807) is 19.6 Å². The van der Waals surface area contributed by atoms with Gasteiger partial charge in [0.05, 0.1) is 37.5 Å². The molecule has 35 heavy (non-hydrogen) atoms. The Kier molecular flexibility index (Phi) is 5.04. The number of hydrogen-bond acceptors (Lipinski definition) is 5. The largest absolute Gasteiger partial charge is 0.493 e. The maximum atomic E-state index is 12.5. The first-order valence-corrected chi connectivity index (χ1v) is 11.6. The minimum absolute atomic E-state index is 0.525. The molecule has 6 heteroatoms. The van der Waals surface area contributed by atoms with Crippen LogP contribution in [0.25, 0.3) is 22.0 Å². The average molecular weight is 464 g/mol. The van der Waals surface area contributed by atoms with Gasteiger partial charge in [0.1, 0.15) is 5.75 Å². The zero-order valence-corrected chi connectivity index (χ0v) is 19.6. The fourth-order valence-electron chi connectivity index (χ4n) is 4.93. The van der Waals surface area contributed by atoms with Crippen LogP contribution in [0.15, 0.2) is 85.3 Å². The quantitative estimate of drug-likeness (QED) is 0.405. The van der Waals surface area contributed by atoms with Crippen LogP contribution in [0.2, 0.25) is 0 Å². The maximum absolute atomic E-state index is 12.5. The van der Waals surface area contributed by atoms with Gasteiger partial charge in [-0.15, -0.1) is 0 Å². The topological polar surface area (TPSA) is 69.4 Å². The summed E-state index contributed by atoms with van der Waals surface area (Å²) in [4.78, 5) is 8.98. The summed E-state index contributed by atoms with van der Waals surface area (Å²) in [5.74, 6) is 1.34. The Balaban J connectivity index is 1.71. The summed E-state index contributed by atoms with van der Waals surface area (Å²) in [6.07, 6.45) is 4.15. The number of imidazole rings is 1. The average Bonchev–Trinajstić information content (AvgIpc) is 3.33. The predicted molar refractivity (Wildman–Crippen MR) is 135 cm³/mol. The van der Waals surface area contributed by atoms with Gasteiger partial charge >= 0.3 is 0 Å². The Morgan fingerprint density at radius 1 is 1.00 bits per heavy atom. The molecule has 0 fully saturated rings. The molecule has 6 nitrogen and oxygen atoms in total. The molecule has 5 aromatic rings. The van der Waals surface area contributed by atoms with Crippen LogP contribution in [0, 0.1) is 0 Å². The van der Waals surface area contributed by atoms with Crippen LogP contribution in [0.3, 0.4) is 0 Å². The maximum Gasteiger partial charge on any atom is 0.214 e. The number of aromatic nitrogens is 3. The van der Waals surface area contributed by atoms with Gasteiger partial charge in [0.2, 0.25) is 5.88 Å². The molecule has 1 atom stereocenters. The van der Waals surface area contributed by atoms with E-state index in [4.69, 9.17) is 9.47 Å². The lowest BCUT2D eigenvalue weighted by Crippen LogP contribution is -2.31. The van der Waals surface area contributed by atoms with Gasteiger partial charge in [0.25, 0.3) is 0 Å². The van der Waals surface area contributed by atoms with Crippen molar-refractivity contribution in [1.29, 1.82) is 0 Å². The van der Waals surface area contributed by atoms with E-state index in [9.17, 15) is 5.11 Å². The van der Waals surface area contributed by atoms with Gasteiger partial charge < -0.3 is 19.1 Å². The van der Waals surface area contributed by atoms with Crippen molar-refractivity contribution in [3.05, 3.63) is 108 Å². The molecule has 0 saturated heterocycles. The van der Waals surface area contributed by atoms with Crippen molar-refractivity contribution in [2.75, 3.05) is 13.7 Å². The number of pyridine rings is 1. The first-order valence-electron chi connectivity index (χ1n) is 11.6. The molecule has 0 spiro atoms. The Hall–Kier alpha value is -4.16. The Morgan fingerprint density at radius 3 is 2.69 bits per heavy atom. The zero-order valence-electron chi connectivity index (χ0n) is 19.6. The number of fused-ring (bicyclic) bond motifs is 6. The van der Waals surface area contributed by atoms with Crippen LogP contribution in [0.5, 0.6) is 11.6 Å². The molecule has 1 aliphatic heterocycles. The molecule has 0 saturated carbocycles. The fourth-order valence-corrected chi connectivity index (χ4v) is 4.93. The third kappa shape index (κ3) is 3.54. The molecule has 1 aliphatic rings. The van der Waals surface area contributed by atoms with Gasteiger partial charge in [0.15, 0.2) is 5.60 Å². The van der Waals surface area contributed by atoms with Crippen molar-refractivity contribution in [2.45, 2.75) is 12.0 Å². The molecule has 6 rings (SSSR count). The monoisotopic (exact) mass is 463 g/mol. The van der Waals surface area contributed by atoms with Gasteiger partial charge in [-0.1, -0.05) is 42.5 Å². The Labute approximate surface area is 203 Å². The van der Waals surface area contributed by atoms with Crippen LogP contribution in [0.1, 0.15) is 22.4 Å². The lowest BCUT2D eigenvalue weighted by atomic mass is 9.81. The molecular formula is C29H25N3O3. The third-order valence-electron chi connectivity index (χ3n) is 6.75. The van der Waals surface area contributed by atoms with Crippen molar-refractivity contribution >= 4 is 10.9 Å². The minimum Gasteiger partial charge on any atom is -0.493 e. The van der Waals surface area contributed by atoms with Crippen molar-refractivity contribution in [1.82, 2.24) is 14.5 Å². The second-order valence-corrected chi connectivity index (χ2v) is 8.87. The molecule has 0 aliphatic carbocycles. The highest BCUT2D eigenvalue weighted by atomic mass is 16.5. The highest BCUT2D eigenvalue weighted by molar-refractivity contribution is 5.96. The highest BCUT2D eigenvalue weighted by Gasteiger charge is 2.37. The molecule has 2 aromatic heterocycles. The van der Waals surface area contributed by atoms with Gasteiger partial charge in [-0.3, -0.25) is 0 Å². The van der Waals surface area contributed by atoms with Crippen molar-refractivity contribution < 1.29 is 14.6 Å². The number of benzene rings is 3. The lowest BCUT2D eigenvalue weighted by molar-refractivity contribution is 0.117. The van der Waals surface area contributed by atoms with Gasteiger partial charge in [0, 0.05) is 24.9 Å². The molecule has 6 bridgehead atoms. The molecule has 3 heterocycles. The fraction of sp³-hybridized carbons (Fsp3) is 0.172. The molecule has 3 aromatic carbocycles. The van der Waals surface area contributed by atoms with E-state index in [-0.39, 0.29) is 0 Å². The van der Waals surface area contributed by atoms with E-state index >= 15 is 0 Å². The molecule has 1 unspecified atom stereocenters. The summed E-state index contributed by atoms with van der Waals surface area (Å²) in [7, 11) is 3.51. The Bertz CT molecular complexity index is 1560. The first-order chi connectivity index (χ1) is 17.1. The smallest absolute Gasteiger partial charge is 0.214 e. The third-order valence-corrected chi connectivity index (χ3v) is 6.75. The summed E-state index contributed by atoms with van der Waals surface area (Å²) in [5.41, 5.74) is 4.59. The SMILES string of the molecule is COc1cc2c3cc(ccc3n1)C(O)(c1cncn1C)c1cccc(c1)CCOc1cccc-2c1. The summed E-state index contributed by atoms with van der Waals surface area (Å²) in [5, 5.41) is 13.4. The Morgan fingerprint density at radius 2 is 1.86 bits per heavy atom. The first kappa shape index (κ1) is 21.4. The van der Waals surface area contributed by atoms with Crippen molar-refractivity contribution in [3.63, 3.8) is 0 Å². The number of aliphatic hydroxyl groups is 1. The zero-order chi connectivity index (χ0) is 24.0. The number of nitrogens with zero attached hydrogens (tertiary/aromatic N) is 3. The van der Waals surface area contributed by atoms with E-state index in [1.807, 2.05) is 66.2 Å². The van der Waals surface area contributed by atoms with Crippen LogP contribution in [-0.2, 0) is 19.1 Å². The van der Waals surface area contributed by atoms with E-state index in [0.29, 0.717) is 24.6 Å². The second kappa shape index (κ2) is 8.25. The van der Waals surface area contributed by atoms with Crippen molar-refractivity contribution in [3.8, 4) is 22.8 Å². The van der Waals surface area contributed by atoms with E-state index in [1.165, 1.54) is 0 Å².